The first-order valence-corrected chi connectivity index (χ1v) is 11.4. The van der Waals surface area contributed by atoms with Crippen LogP contribution in [0.2, 0.25) is 0 Å². The number of aromatic nitrogens is 3. The van der Waals surface area contributed by atoms with Crippen LogP contribution in [0.5, 0.6) is 0 Å². The monoisotopic (exact) mass is 427 g/mol. The molecule has 1 aliphatic rings. The number of aryl methyl sites for hydroxylation is 1. The fourth-order valence-corrected chi connectivity index (χ4v) is 4.48. The number of piperidine rings is 1. The highest BCUT2D eigenvalue weighted by Crippen LogP contribution is 2.26. The van der Waals surface area contributed by atoms with Gasteiger partial charge in [0.05, 0.1) is 6.20 Å². The molecule has 1 aliphatic heterocycles. The minimum atomic E-state index is 0.0676. The summed E-state index contributed by atoms with van der Waals surface area (Å²) >= 11 is 0. The molecule has 6 heteroatoms. The molecule has 2 N–H and O–H groups in total. The standard InChI is InChI=1S/C26H29N5O/c1-2-31-18-19(16-27-31)17-30-13-11-21(12-14-30)26(32)28-23-9-7-20(8-10-23)25-15-22-5-3-4-6-24(22)29-25/h3-10,15-16,18,21,29H,2,11-14,17H2,1H3,(H,28,32). The molecule has 0 bridgehead atoms. The van der Waals surface area contributed by atoms with Crippen molar-refractivity contribution >= 4 is 22.5 Å². The Morgan fingerprint density at radius 1 is 1.12 bits per heavy atom. The van der Waals surface area contributed by atoms with E-state index in [2.05, 4.69) is 63.8 Å². The molecule has 1 amide bonds. The molecule has 2 aromatic carbocycles. The third kappa shape index (κ3) is 4.46. The lowest BCUT2D eigenvalue weighted by Crippen LogP contribution is -2.37. The van der Waals surface area contributed by atoms with Gasteiger partial charge < -0.3 is 10.3 Å². The first-order valence-electron chi connectivity index (χ1n) is 11.4. The van der Waals surface area contributed by atoms with Gasteiger partial charge in [0.15, 0.2) is 0 Å². The van der Waals surface area contributed by atoms with E-state index in [1.807, 2.05) is 35.1 Å². The SMILES string of the molecule is CCn1cc(CN2CCC(C(=O)Nc3ccc(-c4cc5ccccc5[nH]4)cc3)CC2)cn1. The number of carbonyl (C=O) groups is 1. The van der Waals surface area contributed by atoms with Crippen LogP contribution in [0.1, 0.15) is 25.3 Å². The lowest BCUT2D eigenvalue weighted by molar-refractivity contribution is -0.121. The van der Waals surface area contributed by atoms with Crippen LogP contribution in [0.25, 0.3) is 22.2 Å². The predicted octanol–water partition coefficient (Wildman–Crippen LogP) is 4.90. The number of H-pyrrole nitrogens is 1. The molecule has 164 valence electrons. The first kappa shape index (κ1) is 20.5. The summed E-state index contributed by atoms with van der Waals surface area (Å²) < 4.78 is 1.96. The Kier molecular flexibility index (Phi) is 5.77. The van der Waals surface area contributed by atoms with E-state index in [4.69, 9.17) is 0 Å². The van der Waals surface area contributed by atoms with Crippen molar-refractivity contribution < 1.29 is 4.79 Å². The fourth-order valence-electron chi connectivity index (χ4n) is 4.48. The van der Waals surface area contributed by atoms with Gasteiger partial charge >= 0.3 is 0 Å². The molecule has 2 aromatic heterocycles. The molecule has 3 heterocycles. The number of nitrogens with one attached hydrogen (secondary N) is 2. The van der Waals surface area contributed by atoms with E-state index in [9.17, 15) is 4.79 Å². The van der Waals surface area contributed by atoms with Crippen molar-refractivity contribution in [1.29, 1.82) is 0 Å². The number of para-hydroxylation sites is 1. The zero-order chi connectivity index (χ0) is 21.9. The van der Waals surface area contributed by atoms with E-state index in [-0.39, 0.29) is 11.8 Å². The zero-order valence-electron chi connectivity index (χ0n) is 18.4. The van der Waals surface area contributed by atoms with Gasteiger partial charge in [-0.05, 0) is 62.7 Å². The van der Waals surface area contributed by atoms with E-state index in [0.717, 1.165) is 61.5 Å². The molecule has 0 radical (unpaired) electrons. The molecule has 32 heavy (non-hydrogen) atoms. The summed E-state index contributed by atoms with van der Waals surface area (Å²) in [6.45, 7) is 5.77. The summed E-state index contributed by atoms with van der Waals surface area (Å²) in [5, 5.41) is 8.66. The van der Waals surface area contributed by atoms with E-state index in [1.54, 1.807) is 0 Å². The number of anilines is 1. The quantitative estimate of drug-likeness (QED) is 0.460. The maximum atomic E-state index is 12.8. The van der Waals surface area contributed by atoms with Crippen LogP contribution < -0.4 is 5.32 Å². The molecule has 0 unspecified atom stereocenters. The van der Waals surface area contributed by atoms with Gasteiger partial charge in [0.2, 0.25) is 5.91 Å². The molecule has 6 nitrogen and oxygen atoms in total. The Morgan fingerprint density at radius 3 is 2.62 bits per heavy atom. The molecule has 0 saturated carbocycles. The normalized spacial score (nSPS) is 15.3. The Bertz CT molecular complexity index is 1170. The van der Waals surface area contributed by atoms with Gasteiger partial charge in [-0.25, -0.2) is 0 Å². The number of rotatable bonds is 6. The Hall–Kier alpha value is -3.38. The number of carbonyl (C=O) groups excluding carboxylic acids is 1. The summed E-state index contributed by atoms with van der Waals surface area (Å²) in [7, 11) is 0. The Morgan fingerprint density at radius 2 is 1.91 bits per heavy atom. The number of hydrogen-bond donors (Lipinski definition) is 2. The molecule has 1 saturated heterocycles. The molecule has 1 fully saturated rings. The van der Waals surface area contributed by atoms with Crippen LogP contribution in [0.15, 0.2) is 67.0 Å². The summed E-state index contributed by atoms with van der Waals surface area (Å²) in [5.41, 5.74) is 5.42. The summed E-state index contributed by atoms with van der Waals surface area (Å²) in [4.78, 5) is 18.7. The topological polar surface area (TPSA) is 66.0 Å². The first-order chi connectivity index (χ1) is 15.7. The Balaban J connectivity index is 1.15. The minimum Gasteiger partial charge on any atom is -0.355 e. The van der Waals surface area contributed by atoms with Gasteiger partial charge in [0, 0.05) is 53.1 Å². The maximum Gasteiger partial charge on any atom is 0.227 e. The van der Waals surface area contributed by atoms with Crippen LogP contribution in [0, 0.1) is 5.92 Å². The van der Waals surface area contributed by atoms with Crippen molar-refractivity contribution in [2.24, 2.45) is 5.92 Å². The number of benzene rings is 2. The average molecular weight is 428 g/mol. The van der Waals surface area contributed by atoms with Gasteiger partial charge in [0.25, 0.3) is 0 Å². The second-order valence-corrected chi connectivity index (χ2v) is 8.59. The highest BCUT2D eigenvalue weighted by atomic mass is 16.1. The van der Waals surface area contributed by atoms with E-state index in [1.165, 1.54) is 10.9 Å². The lowest BCUT2D eigenvalue weighted by atomic mass is 9.95. The van der Waals surface area contributed by atoms with Crippen LogP contribution in [-0.2, 0) is 17.9 Å². The van der Waals surface area contributed by atoms with Crippen molar-refractivity contribution in [3.05, 3.63) is 72.6 Å². The van der Waals surface area contributed by atoms with Crippen molar-refractivity contribution in [3.63, 3.8) is 0 Å². The minimum absolute atomic E-state index is 0.0676. The number of nitrogens with zero attached hydrogens (tertiary/aromatic N) is 3. The van der Waals surface area contributed by atoms with Crippen molar-refractivity contribution in [2.75, 3.05) is 18.4 Å². The molecular formula is C26H29N5O. The zero-order valence-corrected chi connectivity index (χ0v) is 18.4. The third-order valence-electron chi connectivity index (χ3n) is 6.37. The van der Waals surface area contributed by atoms with Gasteiger partial charge in [-0.2, -0.15) is 5.10 Å². The summed E-state index contributed by atoms with van der Waals surface area (Å²) in [5.74, 6) is 0.194. The lowest BCUT2D eigenvalue weighted by Gasteiger charge is -2.30. The molecule has 0 aliphatic carbocycles. The second kappa shape index (κ2) is 9.01. The van der Waals surface area contributed by atoms with E-state index >= 15 is 0 Å². The molecule has 0 spiro atoms. The smallest absolute Gasteiger partial charge is 0.227 e. The molecule has 0 atom stereocenters. The maximum absolute atomic E-state index is 12.8. The van der Waals surface area contributed by atoms with Crippen LogP contribution in [-0.4, -0.2) is 38.7 Å². The van der Waals surface area contributed by atoms with Crippen molar-refractivity contribution in [1.82, 2.24) is 19.7 Å². The van der Waals surface area contributed by atoms with Gasteiger partial charge in [-0.15, -0.1) is 0 Å². The molecule has 4 aromatic rings. The largest absolute Gasteiger partial charge is 0.355 e. The highest BCUT2D eigenvalue weighted by molar-refractivity contribution is 5.93. The number of likely N-dealkylation sites (tertiary alicyclic amines) is 1. The summed E-state index contributed by atoms with van der Waals surface area (Å²) in [6.07, 6.45) is 5.84. The predicted molar refractivity (Wildman–Crippen MR) is 128 cm³/mol. The Labute approximate surface area is 188 Å². The van der Waals surface area contributed by atoms with E-state index < -0.39 is 0 Å². The van der Waals surface area contributed by atoms with Crippen molar-refractivity contribution in [3.8, 4) is 11.3 Å². The second-order valence-electron chi connectivity index (χ2n) is 8.59. The van der Waals surface area contributed by atoms with Gasteiger partial charge in [-0.3, -0.25) is 14.4 Å². The fraction of sp³-hybridized carbons (Fsp3) is 0.308. The van der Waals surface area contributed by atoms with Gasteiger partial charge in [-0.1, -0.05) is 30.3 Å². The van der Waals surface area contributed by atoms with Gasteiger partial charge in [0.1, 0.15) is 0 Å². The third-order valence-corrected chi connectivity index (χ3v) is 6.37. The molecular weight excluding hydrogens is 398 g/mol. The van der Waals surface area contributed by atoms with Crippen LogP contribution in [0.3, 0.4) is 0 Å². The van der Waals surface area contributed by atoms with Crippen LogP contribution in [0.4, 0.5) is 5.69 Å². The number of amides is 1. The van der Waals surface area contributed by atoms with E-state index in [0.29, 0.717) is 0 Å². The molecule has 5 rings (SSSR count). The van der Waals surface area contributed by atoms with Crippen LogP contribution >= 0.6 is 0 Å². The number of aromatic amines is 1. The highest BCUT2D eigenvalue weighted by Gasteiger charge is 2.25. The number of fused-ring (bicyclic) bond motifs is 1. The van der Waals surface area contributed by atoms with Crippen molar-refractivity contribution in [2.45, 2.75) is 32.9 Å². The average Bonchev–Trinajstić information content (AvgIpc) is 3.47. The summed E-state index contributed by atoms with van der Waals surface area (Å²) in [6, 6.07) is 18.5. The number of hydrogen-bond acceptors (Lipinski definition) is 3.